The Bertz CT molecular complexity index is 1060. The van der Waals surface area contributed by atoms with Gasteiger partial charge in [0.2, 0.25) is 0 Å². The quantitative estimate of drug-likeness (QED) is 0.247. The molecule has 0 aliphatic rings. The van der Waals surface area contributed by atoms with Crippen LogP contribution < -0.4 is 14.2 Å². The molecule has 0 aliphatic carbocycles. The number of rotatable bonds is 10. The highest BCUT2D eigenvalue weighted by Gasteiger charge is 2.17. The van der Waals surface area contributed by atoms with Crippen molar-refractivity contribution in [1.82, 2.24) is 9.88 Å². The summed E-state index contributed by atoms with van der Waals surface area (Å²) in [6, 6.07) is 12.3. The number of nitro groups is 1. The summed E-state index contributed by atoms with van der Waals surface area (Å²) in [6.07, 6.45) is 0. The summed E-state index contributed by atoms with van der Waals surface area (Å²) in [5, 5.41) is 11.9. The minimum Gasteiger partial charge on any atom is -0.493 e. The van der Waals surface area contributed by atoms with Crippen LogP contribution in [0.5, 0.6) is 11.5 Å². The second-order valence-corrected chi connectivity index (χ2v) is 8.61. The van der Waals surface area contributed by atoms with Gasteiger partial charge in [0, 0.05) is 34.0 Å². The molecule has 0 bridgehead atoms. The standard InChI is InChI=1S/C21H24N4O4S2/c1-5-24(2)13-19-20(14-7-6-8-15(11-14)25(26)27)22-21(30-19)23-31-16-9-10-17(28-3)18(12-16)29-4/h6-12H,5,13H2,1-4H3,(H,22,23). The van der Waals surface area contributed by atoms with Crippen molar-refractivity contribution in [2.24, 2.45) is 0 Å². The van der Waals surface area contributed by atoms with Gasteiger partial charge in [-0.15, -0.1) is 0 Å². The first kappa shape index (κ1) is 22.9. The molecule has 0 aliphatic heterocycles. The SMILES string of the molecule is CCN(C)Cc1sc(NSc2ccc(OC)c(OC)c2)nc1-c1cccc([N+](=O)[O-])c1. The second-order valence-electron chi connectivity index (χ2n) is 6.65. The molecule has 1 aromatic heterocycles. The van der Waals surface area contributed by atoms with Crippen LogP contribution in [0.3, 0.4) is 0 Å². The summed E-state index contributed by atoms with van der Waals surface area (Å²) < 4.78 is 13.9. The third-order valence-electron chi connectivity index (χ3n) is 4.59. The van der Waals surface area contributed by atoms with E-state index in [1.54, 1.807) is 26.4 Å². The van der Waals surface area contributed by atoms with Crippen LogP contribution in [0.4, 0.5) is 10.8 Å². The van der Waals surface area contributed by atoms with E-state index in [1.807, 2.05) is 31.3 Å². The van der Waals surface area contributed by atoms with E-state index in [2.05, 4.69) is 16.5 Å². The normalized spacial score (nSPS) is 10.9. The lowest BCUT2D eigenvalue weighted by molar-refractivity contribution is -0.384. The van der Waals surface area contributed by atoms with Crippen LogP contribution in [-0.4, -0.2) is 42.6 Å². The zero-order valence-electron chi connectivity index (χ0n) is 17.7. The molecule has 1 N–H and O–H groups in total. The molecular formula is C21H24N4O4S2. The minimum atomic E-state index is -0.389. The van der Waals surface area contributed by atoms with Crippen molar-refractivity contribution in [2.45, 2.75) is 18.4 Å². The molecule has 0 saturated heterocycles. The molecule has 31 heavy (non-hydrogen) atoms. The van der Waals surface area contributed by atoms with Gasteiger partial charge in [-0.3, -0.25) is 10.1 Å². The lowest BCUT2D eigenvalue weighted by Crippen LogP contribution is -2.16. The number of benzene rings is 2. The summed E-state index contributed by atoms with van der Waals surface area (Å²) in [5.41, 5.74) is 1.54. The van der Waals surface area contributed by atoms with Gasteiger partial charge >= 0.3 is 0 Å². The largest absolute Gasteiger partial charge is 0.493 e. The van der Waals surface area contributed by atoms with E-state index in [1.165, 1.54) is 29.4 Å². The van der Waals surface area contributed by atoms with Crippen molar-refractivity contribution < 1.29 is 14.4 Å². The van der Waals surface area contributed by atoms with E-state index in [0.29, 0.717) is 18.0 Å². The highest BCUT2D eigenvalue weighted by atomic mass is 32.2. The van der Waals surface area contributed by atoms with Gasteiger partial charge in [-0.25, -0.2) is 4.98 Å². The zero-order valence-corrected chi connectivity index (χ0v) is 19.4. The van der Waals surface area contributed by atoms with E-state index >= 15 is 0 Å². The molecule has 0 saturated carbocycles. The molecule has 8 nitrogen and oxygen atoms in total. The Balaban J connectivity index is 1.87. The molecular weight excluding hydrogens is 436 g/mol. The van der Waals surface area contributed by atoms with Crippen molar-refractivity contribution in [3.05, 3.63) is 57.5 Å². The number of nitro benzene ring substituents is 1. The number of thiazole rings is 1. The van der Waals surface area contributed by atoms with Crippen LogP contribution in [0.1, 0.15) is 11.8 Å². The fourth-order valence-corrected chi connectivity index (χ4v) is 4.59. The number of ether oxygens (including phenoxy) is 2. The summed E-state index contributed by atoms with van der Waals surface area (Å²) in [7, 11) is 5.23. The molecule has 3 aromatic rings. The van der Waals surface area contributed by atoms with Gasteiger partial charge in [-0.2, -0.15) is 0 Å². The van der Waals surface area contributed by atoms with Crippen molar-refractivity contribution in [3.63, 3.8) is 0 Å². The lowest BCUT2D eigenvalue weighted by atomic mass is 10.1. The van der Waals surface area contributed by atoms with Crippen molar-refractivity contribution in [3.8, 4) is 22.8 Å². The monoisotopic (exact) mass is 460 g/mol. The predicted octanol–water partition coefficient (Wildman–Crippen LogP) is 5.31. The van der Waals surface area contributed by atoms with Gasteiger partial charge < -0.3 is 19.1 Å². The van der Waals surface area contributed by atoms with E-state index < -0.39 is 0 Å². The minimum absolute atomic E-state index is 0.0505. The highest BCUT2D eigenvalue weighted by Crippen LogP contribution is 2.37. The van der Waals surface area contributed by atoms with E-state index in [9.17, 15) is 10.1 Å². The van der Waals surface area contributed by atoms with Crippen LogP contribution in [-0.2, 0) is 6.54 Å². The fourth-order valence-electron chi connectivity index (χ4n) is 2.83. The number of methoxy groups -OCH3 is 2. The second kappa shape index (κ2) is 10.5. The average molecular weight is 461 g/mol. The molecule has 0 atom stereocenters. The molecule has 0 unspecified atom stereocenters. The predicted molar refractivity (Wildman–Crippen MR) is 125 cm³/mol. The molecule has 10 heteroatoms. The van der Waals surface area contributed by atoms with E-state index in [4.69, 9.17) is 14.5 Å². The van der Waals surface area contributed by atoms with Crippen LogP contribution in [0.2, 0.25) is 0 Å². The van der Waals surface area contributed by atoms with E-state index in [0.717, 1.165) is 32.7 Å². The average Bonchev–Trinajstić information content (AvgIpc) is 3.19. The molecule has 0 amide bonds. The third-order valence-corrected chi connectivity index (χ3v) is 6.46. The number of anilines is 1. The Morgan fingerprint density at radius 3 is 2.65 bits per heavy atom. The number of aromatic nitrogens is 1. The third kappa shape index (κ3) is 5.66. The fraction of sp³-hybridized carbons (Fsp3) is 0.286. The Morgan fingerprint density at radius 1 is 1.19 bits per heavy atom. The first-order chi connectivity index (χ1) is 14.9. The Morgan fingerprint density at radius 2 is 1.97 bits per heavy atom. The first-order valence-corrected chi connectivity index (χ1v) is 11.2. The van der Waals surface area contributed by atoms with Gasteiger partial charge in [0.05, 0.1) is 24.8 Å². The molecule has 0 spiro atoms. The molecule has 3 rings (SSSR count). The summed E-state index contributed by atoms with van der Waals surface area (Å²) in [4.78, 5) is 19.7. The number of non-ortho nitro benzene ring substituents is 1. The molecule has 0 fully saturated rings. The Hall–Kier alpha value is -2.82. The van der Waals surface area contributed by atoms with Gasteiger partial charge in [-0.05, 0) is 43.7 Å². The summed E-state index contributed by atoms with van der Waals surface area (Å²) >= 11 is 2.95. The topological polar surface area (TPSA) is 89.8 Å². The van der Waals surface area contributed by atoms with Crippen LogP contribution >= 0.6 is 23.3 Å². The Kier molecular flexibility index (Phi) is 7.72. The van der Waals surface area contributed by atoms with Gasteiger partial charge in [0.25, 0.3) is 5.69 Å². The van der Waals surface area contributed by atoms with Gasteiger partial charge in [-0.1, -0.05) is 30.4 Å². The number of hydrogen-bond acceptors (Lipinski definition) is 9. The van der Waals surface area contributed by atoms with Crippen molar-refractivity contribution >= 4 is 34.1 Å². The zero-order chi connectivity index (χ0) is 22.4. The first-order valence-electron chi connectivity index (χ1n) is 9.53. The lowest BCUT2D eigenvalue weighted by Gasteiger charge is -2.13. The van der Waals surface area contributed by atoms with E-state index in [-0.39, 0.29) is 10.6 Å². The van der Waals surface area contributed by atoms with Crippen LogP contribution in [0, 0.1) is 10.1 Å². The van der Waals surface area contributed by atoms with Gasteiger partial charge in [0.1, 0.15) is 0 Å². The maximum absolute atomic E-state index is 11.2. The molecule has 1 heterocycles. The van der Waals surface area contributed by atoms with Crippen molar-refractivity contribution in [2.75, 3.05) is 32.5 Å². The maximum atomic E-state index is 11.2. The van der Waals surface area contributed by atoms with Crippen LogP contribution in [0.15, 0.2) is 47.4 Å². The smallest absolute Gasteiger partial charge is 0.270 e. The highest BCUT2D eigenvalue weighted by molar-refractivity contribution is 8.00. The van der Waals surface area contributed by atoms with Crippen molar-refractivity contribution in [1.29, 1.82) is 0 Å². The number of nitrogens with zero attached hydrogens (tertiary/aromatic N) is 3. The molecule has 2 aromatic carbocycles. The summed E-state index contributed by atoms with van der Waals surface area (Å²) in [6.45, 7) is 3.67. The van der Waals surface area contributed by atoms with Crippen LogP contribution in [0.25, 0.3) is 11.3 Å². The Labute approximate surface area is 189 Å². The number of hydrogen-bond donors (Lipinski definition) is 1. The molecule has 164 valence electrons. The summed E-state index contributed by atoms with van der Waals surface area (Å²) in [5.74, 6) is 1.31. The maximum Gasteiger partial charge on any atom is 0.270 e. The van der Waals surface area contributed by atoms with Gasteiger partial charge in [0.15, 0.2) is 16.6 Å². The number of nitrogens with one attached hydrogen (secondary N) is 1. The molecule has 0 radical (unpaired) electrons.